The molecule has 28 heavy (non-hydrogen) atoms. The van der Waals surface area contributed by atoms with Crippen molar-refractivity contribution in [1.82, 2.24) is 10.6 Å². The van der Waals surface area contributed by atoms with E-state index in [9.17, 15) is 18.3 Å². The third-order valence-electron chi connectivity index (χ3n) is 3.63. The van der Waals surface area contributed by atoms with Crippen molar-refractivity contribution in [3.05, 3.63) is 65.5 Å². The summed E-state index contributed by atoms with van der Waals surface area (Å²) in [5, 5.41) is 16.3. The van der Waals surface area contributed by atoms with Gasteiger partial charge in [0.05, 0.1) is 12.6 Å². The van der Waals surface area contributed by atoms with E-state index in [1.807, 2.05) is 6.92 Å². The molecule has 2 aromatic rings. The van der Waals surface area contributed by atoms with Crippen LogP contribution in [0.2, 0.25) is 0 Å². The highest BCUT2D eigenvalue weighted by atomic mass is 127. The summed E-state index contributed by atoms with van der Waals surface area (Å²) in [5.41, 5.74) is 1.40. The molecule has 0 aliphatic carbocycles. The van der Waals surface area contributed by atoms with Gasteiger partial charge in [-0.2, -0.15) is 8.78 Å². The number of aliphatic hydroxyl groups is 1. The first kappa shape index (κ1) is 24.0. The summed E-state index contributed by atoms with van der Waals surface area (Å²) in [6.45, 7) is 0.177. The Morgan fingerprint density at radius 2 is 1.71 bits per heavy atom. The lowest BCUT2D eigenvalue weighted by Crippen LogP contribution is -2.39. The molecule has 5 nitrogen and oxygen atoms in total. The molecule has 154 valence electrons. The number of benzene rings is 2. The van der Waals surface area contributed by atoms with Crippen LogP contribution in [0.3, 0.4) is 0 Å². The van der Waals surface area contributed by atoms with Gasteiger partial charge in [0.15, 0.2) is 5.96 Å². The fourth-order valence-electron chi connectivity index (χ4n) is 2.28. The van der Waals surface area contributed by atoms with Crippen LogP contribution in [-0.2, 0) is 6.54 Å². The van der Waals surface area contributed by atoms with Crippen molar-refractivity contribution in [2.24, 2.45) is 4.99 Å². The van der Waals surface area contributed by atoms with E-state index in [0.29, 0.717) is 24.6 Å². The third kappa shape index (κ3) is 8.34. The Bertz CT molecular complexity index is 728. The smallest absolute Gasteiger partial charge is 0.387 e. The molecule has 3 N–H and O–H groups in total. The van der Waals surface area contributed by atoms with Gasteiger partial charge in [-0.15, -0.1) is 24.0 Å². The van der Waals surface area contributed by atoms with Gasteiger partial charge in [0.1, 0.15) is 11.6 Å². The molecule has 1 unspecified atom stereocenters. The maximum Gasteiger partial charge on any atom is 0.387 e. The Morgan fingerprint density at radius 3 is 2.29 bits per heavy atom. The van der Waals surface area contributed by atoms with Crippen LogP contribution >= 0.6 is 24.0 Å². The Labute approximate surface area is 179 Å². The van der Waals surface area contributed by atoms with Gasteiger partial charge in [0.2, 0.25) is 0 Å². The Morgan fingerprint density at radius 1 is 1.07 bits per heavy atom. The molecule has 0 bridgehead atoms. The Kier molecular flexibility index (Phi) is 10.7. The first-order valence-electron chi connectivity index (χ1n) is 8.47. The number of hydrogen-bond acceptors (Lipinski definition) is 3. The summed E-state index contributed by atoms with van der Waals surface area (Å²) in [5.74, 6) is 0.225. The maximum absolute atomic E-state index is 12.9. The number of aliphatic hydroxyl groups excluding tert-OH is 1. The Hall–Kier alpha value is -2.01. The van der Waals surface area contributed by atoms with Crippen LogP contribution < -0.4 is 15.4 Å². The number of nitrogens with one attached hydrogen (secondary N) is 2. The number of rotatable bonds is 8. The molecule has 0 fully saturated rings. The van der Waals surface area contributed by atoms with E-state index in [2.05, 4.69) is 20.4 Å². The van der Waals surface area contributed by atoms with Crippen molar-refractivity contribution in [2.75, 3.05) is 13.1 Å². The average Bonchev–Trinajstić information content (AvgIpc) is 2.65. The van der Waals surface area contributed by atoms with Crippen LogP contribution in [0.25, 0.3) is 0 Å². The molecule has 2 aromatic carbocycles. The number of aliphatic imine (C=N–C) groups is 1. The molecular weight excluding hydrogens is 486 g/mol. The normalized spacial score (nSPS) is 12.3. The highest BCUT2D eigenvalue weighted by Crippen LogP contribution is 2.19. The molecule has 0 radical (unpaired) electrons. The molecule has 0 spiro atoms. The third-order valence-corrected chi connectivity index (χ3v) is 3.63. The zero-order valence-corrected chi connectivity index (χ0v) is 17.6. The zero-order chi connectivity index (χ0) is 19.6. The second-order valence-corrected chi connectivity index (χ2v) is 5.67. The number of ether oxygens (including phenoxy) is 1. The lowest BCUT2D eigenvalue weighted by atomic mass is 10.1. The standard InChI is InChI=1S/C19H22F3N3O2.HI/c1-2-23-19(24-11-13-3-7-15(20)8-4-13)25-12-17(26)14-5-9-16(10-6-14)27-18(21)22;/h3-10,17-18,26H,2,11-12H2,1H3,(H2,23,24,25);1H. The first-order chi connectivity index (χ1) is 13.0. The number of guanidine groups is 1. The second kappa shape index (κ2) is 12.4. The van der Waals surface area contributed by atoms with Crippen LogP contribution in [0.1, 0.15) is 24.2 Å². The quantitative estimate of drug-likeness (QED) is 0.288. The van der Waals surface area contributed by atoms with Crippen LogP contribution in [0.15, 0.2) is 53.5 Å². The van der Waals surface area contributed by atoms with E-state index in [1.54, 1.807) is 12.1 Å². The second-order valence-electron chi connectivity index (χ2n) is 5.67. The molecular formula is C19H23F3IN3O2. The van der Waals surface area contributed by atoms with Gasteiger partial charge in [-0.05, 0) is 42.3 Å². The Balaban J connectivity index is 0.00000392. The maximum atomic E-state index is 12.9. The van der Waals surface area contributed by atoms with E-state index >= 15 is 0 Å². The lowest BCUT2D eigenvalue weighted by Gasteiger charge is -2.16. The minimum Gasteiger partial charge on any atom is -0.435 e. The van der Waals surface area contributed by atoms with Crippen molar-refractivity contribution < 1.29 is 23.0 Å². The van der Waals surface area contributed by atoms with Gasteiger partial charge in [0, 0.05) is 13.1 Å². The van der Waals surface area contributed by atoms with Gasteiger partial charge >= 0.3 is 6.61 Å². The predicted octanol–water partition coefficient (Wildman–Crippen LogP) is 3.83. The van der Waals surface area contributed by atoms with Crippen molar-refractivity contribution in [3.63, 3.8) is 0 Å². The van der Waals surface area contributed by atoms with Crippen molar-refractivity contribution in [2.45, 2.75) is 26.2 Å². The predicted molar refractivity (Wildman–Crippen MR) is 113 cm³/mol. The topological polar surface area (TPSA) is 65.9 Å². The summed E-state index contributed by atoms with van der Waals surface area (Å²) in [7, 11) is 0. The molecule has 0 amide bonds. The SMILES string of the molecule is CCNC(=NCc1ccc(F)cc1)NCC(O)c1ccc(OC(F)F)cc1.I. The van der Waals surface area contributed by atoms with Gasteiger partial charge in [-0.1, -0.05) is 24.3 Å². The van der Waals surface area contributed by atoms with E-state index in [-0.39, 0.29) is 42.1 Å². The molecule has 0 heterocycles. The van der Waals surface area contributed by atoms with E-state index in [1.165, 1.54) is 36.4 Å². The van der Waals surface area contributed by atoms with Crippen molar-refractivity contribution in [1.29, 1.82) is 0 Å². The van der Waals surface area contributed by atoms with Crippen LogP contribution in [0, 0.1) is 5.82 Å². The summed E-state index contributed by atoms with van der Waals surface area (Å²) in [6, 6.07) is 11.8. The zero-order valence-electron chi connectivity index (χ0n) is 15.2. The minimum atomic E-state index is -2.89. The molecule has 2 rings (SSSR count). The molecule has 0 aliphatic heterocycles. The van der Waals surface area contributed by atoms with E-state index in [4.69, 9.17) is 0 Å². The van der Waals surface area contributed by atoms with Gasteiger partial charge in [-0.3, -0.25) is 0 Å². The summed E-state index contributed by atoms with van der Waals surface area (Å²) in [4.78, 5) is 4.38. The van der Waals surface area contributed by atoms with Crippen LogP contribution in [0.5, 0.6) is 5.75 Å². The average molecular weight is 509 g/mol. The van der Waals surface area contributed by atoms with Crippen LogP contribution in [0.4, 0.5) is 13.2 Å². The summed E-state index contributed by atoms with van der Waals surface area (Å²) < 4.78 is 41.5. The fraction of sp³-hybridized carbons (Fsp3) is 0.316. The molecule has 0 saturated heterocycles. The van der Waals surface area contributed by atoms with Gasteiger partial charge < -0.3 is 20.5 Å². The van der Waals surface area contributed by atoms with E-state index in [0.717, 1.165) is 5.56 Å². The summed E-state index contributed by atoms with van der Waals surface area (Å²) in [6.07, 6.45) is -0.861. The van der Waals surface area contributed by atoms with Gasteiger partial charge in [-0.25, -0.2) is 9.38 Å². The number of halogens is 4. The van der Waals surface area contributed by atoms with Crippen molar-refractivity contribution in [3.8, 4) is 5.75 Å². The highest BCUT2D eigenvalue weighted by Gasteiger charge is 2.10. The van der Waals surface area contributed by atoms with Gasteiger partial charge in [0.25, 0.3) is 0 Å². The first-order valence-corrected chi connectivity index (χ1v) is 8.47. The number of hydrogen-bond donors (Lipinski definition) is 3. The minimum absolute atomic E-state index is 0. The molecule has 0 aromatic heterocycles. The lowest BCUT2D eigenvalue weighted by molar-refractivity contribution is -0.0498. The summed E-state index contributed by atoms with van der Waals surface area (Å²) >= 11 is 0. The highest BCUT2D eigenvalue weighted by molar-refractivity contribution is 14.0. The molecule has 0 saturated carbocycles. The fourth-order valence-corrected chi connectivity index (χ4v) is 2.28. The number of nitrogens with zero attached hydrogens (tertiary/aromatic N) is 1. The number of alkyl halides is 2. The largest absolute Gasteiger partial charge is 0.435 e. The molecule has 9 heteroatoms. The van der Waals surface area contributed by atoms with Crippen LogP contribution in [-0.4, -0.2) is 30.8 Å². The molecule has 1 atom stereocenters. The van der Waals surface area contributed by atoms with E-state index < -0.39 is 12.7 Å². The van der Waals surface area contributed by atoms with Crippen molar-refractivity contribution >= 4 is 29.9 Å². The monoisotopic (exact) mass is 509 g/mol. The molecule has 0 aliphatic rings.